The molecule has 0 bridgehead atoms. The number of likely N-dealkylation sites (N-methyl/N-ethyl adjacent to an activating group) is 1. The first kappa shape index (κ1) is 32.0. The van der Waals surface area contributed by atoms with Crippen molar-refractivity contribution in [2.24, 2.45) is 0 Å². The molecule has 1 aliphatic heterocycles. The van der Waals surface area contributed by atoms with E-state index in [0.29, 0.717) is 30.3 Å². The van der Waals surface area contributed by atoms with Gasteiger partial charge in [0.05, 0.1) is 37.8 Å². The maximum absolute atomic E-state index is 14.5. The quantitative estimate of drug-likeness (QED) is 0.203. The fraction of sp³-hybridized carbons (Fsp3) is 0.273. The molecule has 0 saturated carbocycles. The second-order valence-corrected chi connectivity index (χ2v) is 11.3. The lowest BCUT2D eigenvalue weighted by Crippen LogP contribution is -2.45. The number of carbonyl (C=O) groups is 2. The molecule has 0 radical (unpaired) electrons. The topological polar surface area (TPSA) is 77.5 Å². The second-order valence-electron chi connectivity index (χ2n) is 10.1. The molecule has 2 atom stereocenters. The smallest absolute Gasteiger partial charge is 0.339 e. The van der Waals surface area contributed by atoms with Gasteiger partial charge in [-0.25, -0.2) is 4.79 Å². The predicted molar refractivity (Wildman–Crippen MR) is 172 cm³/mol. The number of esters is 1. The van der Waals surface area contributed by atoms with Crippen molar-refractivity contribution in [3.8, 4) is 17.2 Å². The van der Waals surface area contributed by atoms with E-state index in [9.17, 15) is 9.59 Å². The summed E-state index contributed by atoms with van der Waals surface area (Å²) in [6, 6.07) is 24.5. The van der Waals surface area contributed by atoms with Crippen LogP contribution < -0.4 is 19.1 Å². The molecule has 0 fully saturated rings. The van der Waals surface area contributed by atoms with Crippen LogP contribution in [-0.2, 0) is 9.53 Å². The van der Waals surface area contributed by atoms with Crippen molar-refractivity contribution in [3.63, 3.8) is 0 Å². The van der Waals surface area contributed by atoms with Gasteiger partial charge in [-0.2, -0.15) is 0 Å². The van der Waals surface area contributed by atoms with E-state index < -0.39 is 17.3 Å². The van der Waals surface area contributed by atoms with Crippen molar-refractivity contribution >= 4 is 52.5 Å². The number of rotatable bonds is 9. The van der Waals surface area contributed by atoms with Gasteiger partial charge in [-0.3, -0.25) is 4.79 Å². The molecule has 2 unspecified atom stereocenters. The minimum absolute atomic E-state index is 0. The molecule has 8 nitrogen and oxygen atoms in total. The molecular weight excluding hydrogens is 588 g/mol. The maximum Gasteiger partial charge on any atom is 0.339 e. The molecule has 1 aliphatic rings. The zero-order chi connectivity index (χ0) is 29.8. The van der Waals surface area contributed by atoms with Gasteiger partial charge in [0.15, 0.2) is 17.6 Å². The predicted octanol–water partition coefficient (Wildman–Crippen LogP) is 6.25. The minimum Gasteiger partial charge on any atom is -0.497 e. The summed E-state index contributed by atoms with van der Waals surface area (Å²) < 4.78 is 22.3. The van der Waals surface area contributed by atoms with Crippen LogP contribution in [0.2, 0.25) is 0 Å². The SMILES string of the molecule is COc1ccc(C2Sc3c(ccc4ccccc34)N(CCN(C)C)C(=O)C2OC(=O)c2ccc(OC)c(OC)c2)cc1.Cl. The number of carbonyl (C=O) groups excluding carboxylic acids is 2. The van der Waals surface area contributed by atoms with Crippen molar-refractivity contribution in [2.45, 2.75) is 16.2 Å². The summed E-state index contributed by atoms with van der Waals surface area (Å²) in [5.74, 6) is 0.668. The number of benzene rings is 4. The van der Waals surface area contributed by atoms with Crippen LogP contribution in [-0.4, -0.2) is 71.4 Å². The van der Waals surface area contributed by atoms with Gasteiger partial charge in [-0.05, 0) is 66.8 Å². The van der Waals surface area contributed by atoms with Crippen LogP contribution in [0.3, 0.4) is 0 Å². The van der Waals surface area contributed by atoms with E-state index in [0.717, 1.165) is 26.9 Å². The molecule has 10 heteroatoms. The number of hydrogen-bond donors (Lipinski definition) is 0. The highest BCUT2D eigenvalue weighted by Gasteiger charge is 2.42. The third-order valence-corrected chi connectivity index (χ3v) is 8.69. The van der Waals surface area contributed by atoms with Crippen LogP contribution in [0.4, 0.5) is 5.69 Å². The summed E-state index contributed by atoms with van der Waals surface area (Å²) in [6.45, 7) is 1.06. The summed E-state index contributed by atoms with van der Waals surface area (Å²) in [6.07, 6.45) is -1.11. The Hall–Kier alpha value is -3.92. The number of nitrogens with zero attached hydrogens (tertiary/aromatic N) is 2. The van der Waals surface area contributed by atoms with Crippen LogP contribution in [0.5, 0.6) is 17.2 Å². The van der Waals surface area contributed by atoms with E-state index >= 15 is 0 Å². The first-order valence-electron chi connectivity index (χ1n) is 13.6. The normalized spacial score (nSPS) is 16.2. The molecule has 4 aromatic carbocycles. The van der Waals surface area contributed by atoms with E-state index in [2.05, 4.69) is 12.1 Å². The largest absolute Gasteiger partial charge is 0.497 e. The Morgan fingerprint density at radius 3 is 2.28 bits per heavy atom. The van der Waals surface area contributed by atoms with Gasteiger partial charge in [-0.15, -0.1) is 24.2 Å². The fourth-order valence-corrected chi connectivity index (χ4v) is 6.44. The monoisotopic (exact) mass is 622 g/mol. The fourth-order valence-electron chi connectivity index (χ4n) is 4.98. The lowest BCUT2D eigenvalue weighted by Gasteiger charge is -2.29. The van der Waals surface area contributed by atoms with Gasteiger partial charge < -0.3 is 28.7 Å². The van der Waals surface area contributed by atoms with Gasteiger partial charge in [0.2, 0.25) is 0 Å². The van der Waals surface area contributed by atoms with Crippen molar-refractivity contribution < 1.29 is 28.5 Å². The molecule has 1 heterocycles. The molecule has 0 aliphatic carbocycles. The Morgan fingerprint density at radius 1 is 0.884 bits per heavy atom. The summed E-state index contributed by atoms with van der Waals surface area (Å²) >= 11 is 1.54. The van der Waals surface area contributed by atoms with E-state index in [1.807, 2.05) is 67.5 Å². The number of anilines is 1. The Balaban J connectivity index is 0.00000423. The molecule has 4 aromatic rings. The molecule has 0 spiro atoms. The van der Waals surface area contributed by atoms with Gasteiger partial charge in [0, 0.05) is 18.0 Å². The first-order valence-corrected chi connectivity index (χ1v) is 14.4. The summed E-state index contributed by atoms with van der Waals surface area (Å²) in [5.41, 5.74) is 1.90. The van der Waals surface area contributed by atoms with Crippen LogP contribution in [0.1, 0.15) is 21.2 Å². The highest BCUT2D eigenvalue weighted by Crippen LogP contribution is 2.49. The molecule has 226 valence electrons. The van der Waals surface area contributed by atoms with Crippen molar-refractivity contribution in [3.05, 3.63) is 90.0 Å². The van der Waals surface area contributed by atoms with E-state index in [4.69, 9.17) is 18.9 Å². The molecule has 43 heavy (non-hydrogen) atoms. The van der Waals surface area contributed by atoms with Crippen LogP contribution in [0, 0.1) is 0 Å². The van der Waals surface area contributed by atoms with Gasteiger partial charge in [-0.1, -0.05) is 42.5 Å². The van der Waals surface area contributed by atoms with E-state index in [1.165, 1.54) is 26.0 Å². The molecule has 0 N–H and O–H groups in total. The lowest BCUT2D eigenvalue weighted by atomic mass is 10.0. The second kappa shape index (κ2) is 14.0. The summed E-state index contributed by atoms with van der Waals surface area (Å²) in [5, 5.41) is 1.58. The molecule has 5 rings (SSSR count). The lowest BCUT2D eigenvalue weighted by molar-refractivity contribution is -0.127. The van der Waals surface area contributed by atoms with Crippen molar-refractivity contribution in [1.29, 1.82) is 0 Å². The Morgan fingerprint density at radius 2 is 1.60 bits per heavy atom. The number of ether oxygens (including phenoxy) is 4. The van der Waals surface area contributed by atoms with E-state index in [1.54, 1.807) is 30.2 Å². The maximum atomic E-state index is 14.5. The number of fused-ring (bicyclic) bond motifs is 3. The molecule has 0 saturated heterocycles. The van der Waals surface area contributed by atoms with Gasteiger partial charge in [0.1, 0.15) is 5.75 Å². The Labute approximate surface area is 262 Å². The zero-order valence-corrected chi connectivity index (χ0v) is 26.4. The number of amides is 1. The van der Waals surface area contributed by atoms with Crippen LogP contribution in [0.15, 0.2) is 83.8 Å². The van der Waals surface area contributed by atoms with Gasteiger partial charge >= 0.3 is 5.97 Å². The van der Waals surface area contributed by atoms with Crippen molar-refractivity contribution in [2.75, 3.05) is 53.4 Å². The average molecular weight is 623 g/mol. The minimum atomic E-state index is -1.11. The van der Waals surface area contributed by atoms with Crippen molar-refractivity contribution in [1.82, 2.24) is 4.90 Å². The molecule has 1 amide bonds. The molecule has 0 aromatic heterocycles. The summed E-state index contributed by atoms with van der Waals surface area (Å²) in [7, 11) is 8.57. The Bertz CT molecular complexity index is 1600. The number of halogens is 1. The zero-order valence-electron chi connectivity index (χ0n) is 24.7. The Kier molecular flexibility index (Phi) is 10.4. The molecular formula is C33H35ClN2O6S. The van der Waals surface area contributed by atoms with Crippen LogP contribution in [0.25, 0.3) is 10.8 Å². The highest BCUT2D eigenvalue weighted by molar-refractivity contribution is 8.00. The highest BCUT2D eigenvalue weighted by atomic mass is 35.5. The van der Waals surface area contributed by atoms with Crippen LogP contribution >= 0.6 is 24.2 Å². The summed E-state index contributed by atoms with van der Waals surface area (Å²) in [4.78, 5) is 32.9. The standard InChI is InChI=1S/C33H34N2O6S.ClH/c1-34(2)18-19-35-26-16-12-21-8-6-7-9-25(21)31(26)42-30(22-10-14-24(38-3)15-11-22)29(32(35)36)41-33(37)23-13-17-27(39-4)28(20-23)40-5;/h6-17,20,29-30H,18-19H2,1-5H3;1H. The first-order chi connectivity index (χ1) is 20.3. The third kappa shape index (κ3) is 6.69. The third-order valence-electron chi connectivity index (χ3n) is 7.25. The van der Waals surface area contributed by atoms with E-state index in [-0.39, 0.29) is 23.9 Å². The number of methoxy groups -OCH3 is 3. The average Bonchev–Trinajstić information content (AvgIpc) is 3.13. The number of thioether (sulfide) groups is 1. The number of hydrogen-bond acceptors (Lipinski definition) is 8. The van der Waals surface area contributed by atoms with Gasteiger partial charge in [0.25, 0.3) is 5.91 Å².